The van der Waals surface area contributed by atoms with Crippen LogP contribution in [-0.2, 0) is 0 Å². The number of anilines is 1. The van der Waals surface area contributed by atoms with Crippen LogP contribution in [-0.4, -0.2) is 28.8 Å². The Kier molecular flexibility index (Phi) is 5.92. The molecule has 0 aliphatic carbocycles. The molecule has 0 radical (unpaired) electrons. The summed E-state index contributed by atoms with van der Waals surface area (Å²) in [6.45, 7) is 8.57. The van der Waals surface area contributed by atoms with Crippen LogP contribution in [0.3, 0.4) is 0 Å². The van der Waals surface area contributed by atoms with Crippen molar-refractivity contribution < 1.29 is 14.3 Å². The molecule has 1 aromatic heterocycles. The Morgan fingerprint density at radius 1 is 1.22 bits per heavy atom. The zero-order valence-corrected chi connectivity index (χ0v) is 14.5. The van der Waals surface area contributed by atoms with Crippen LogP contribution in [0.15, 0.2) is 23.7 Å². The van der Waals surface area contributed by atoms with E-state index in [9.17, 15) is 4.79 Å². The molecular formula is C16H21N3O3S. The SMILES string of the molecule is CC(C)COc1cc(OC(C)C)cc(C(=O)Nc2nncs2)c1. The van der Waals surface area contributed by atoms with Gasteiger partial charge in [0.15, 0.2) is 0 Å². The number of amides is 1. The molecule has 0 aliphatic rings. The number of ether oxygens (including phenoxy) is 2. The third kappa shape index (κ3) is 5.52. The summed E-state index contributed by atoms with van der Waals surface area (Å²) in [5, 5.41) is 10.7. The summed E-state index contributed by atoms with van der Waals surface area (Å²) < 4.78 is 11.4. The maximum atomic E-state index is 12.4. The fraction of sp³-hybridized carbons (Fsp3) is 0.438. The maximum Gasteiger partial charge on any atom is 0.257 e. The fourth-order valence-electron chi connectivity index (χ4n) is 1.79. The average molecular weight is 335 g/mol. The van der Waals surface area contributed by atoms with Gasteiger partial charge in [0.2, 0.25) is 5.13 Å². The first kappa shape index (κ1) is 17.2. The summed E-state index contributed by atoms with van der Waals surface area (Å²) in [7, 11) is 0. The molecule has 0 unspecified atom stereocenters. The second-order valence-electron chi connectivity index (χ2n) is 5.76. The van der Waals surface area contributed by atoms with Gasteiger partial charge in [0, 0.05) is 11.6 Å². The molecule has 2 rings (SSSR count). The van der Waals surface area contributed by atoms with Gasteiger partial charge in [-0.25, -0.2) is 0 Å². The highest BCUT2D eigenvalue weighted by Crippen LogP contribution is 2.25. The van der Waals surface area contributed by atoms with Gasteiger partial charge in [0.25, 0.3) is 5.91 Å². The lowest BCUT2D eigenvalue weighted by Crippen LogP contribution is -2.14. The number of nitrogens with zero attached hydrogens (tertiary/aromatic N) is 2. The second-order valence-corrected chi connectivity index (χ2v) is 6.60. The summed E-state index contributed by atoms with van der Waals surface area (Å²) in [5.41, 5.74) is 2.02. The van der Waals surface area contributed by atoms with E-state index >= 15 is 0 Å². The van der Waals surface area contributed by atoms with Gasteiger partial charge in [-0.15, -0.1) is 10.2 Å². The van der Waals surface area contributed by atoms with Gasteiger partial charge < -0.3 is 9.47 Å². The molecule has 2 aromatic rings. The van der Waals surface area contributed by atoms with Crippen molar-refractivity contribution in [2.24, 2.45) is 5.92 Å². The number of carbonyl (C=O) groups excluding carboxylic acids is 1. The number of carbonyl (C=O) groups is 1. The highest BCUT2D eigenvalue weighted by molar-refractivity contribution is 7.13. The number of hydrogen-bond acceptors (Lipinski definition) is 6. The van der Waals surface area contributed by atoms with Gasteiger partial charge in [-0.1, -0.05) is 25.2 Å². The highest BCUT2D eigenvalue weighted by atomic mass is 32.1. The van der Waals surface area contributed by atoms with Crippen LogP contribution in [0.4, 0.5) is 5.13 Å². The van der Waals surface area contributed by atoms with Crippen molar-refractivity contribution in [1.82, 2.24) is 10.2 Å². The molecule has 6 nitrogen and oxygen atoms in total. The minimum atomic E-state index is -0.273. The van der Waals surface area contributed by atoms with Gasteiger partial charge in [0.1, 0.15) is 17.0 Å². The number of nitrogens with one attached hydrogen (secondary N) is 1. The van der Waals surface area contributed by atoms with Crippen molar-refractivity contribution in [3.05, 3.63) is 29.3 Å². The fourth-order valence-corrected chi connectivity index (χ4v) is 2.23. The van der Waals surface area contributed by atoms with E-state index in [1.54, 1.807) is 23.7 Å². The highest BCUT2D eigenvalue weighted by Gasteiger charge is 2.13. The van der Waals surface area contributed by atoms with Crippen molar-refractivity contribution in [3.63, 3.8) is 0 Å². The Balaban J connectivity index is 2.21. The minimum absolute atomic E-state index is 0.00872. The zero-order chi connectivity index (χ0) is 16.8. The zero-order valence-electron chi connectivity index (χ0n) is 13.7. The molecule has 1 heterocycles. The molecule has 23 heavy (non-hydrogen) atoms. The molecule has 1 aromatic carbocycles. The van der Waals surface area contributed by atoms with Crippen molar-refractivity contribution in [2.45, 2.75) is 33.8 Å². The van der Waals surface area contributed by atoms with Crippen molar-refractivity contribution >= 4 is 22.4 Å². The molecule has 1 amide bonds. The van der Waals surface area contributed by atoms with Crippen LogP contribution >= 0.6 is 11.3 Å². The molecule has 7 heteroatoms. The van der Waals surface area contributed by atoms with Crippen LogP contribution in [0.25, 0.3) is 0 Å². The Morgan fingerprint density at radius 3 is 2.57 bits per heavy atom. The molecule has 1 N–H and O–H groups in total. The molecule has 0 saturated carbocycles. The van der Waals surface area contributed by atoms with Crippen LogP contribution in [0.1, 0.15) is 38.1 Å². The topological polar surface area (TPSA) is 73.3 Å². The molecule has 0 aliphatic heterocycles. The largest absolute Gasteiger partial charge is 0.493 e. The smallest absolute Gasteiger partial charge is 0.257 e. The molecule has 124 valence electrons. The normalized spacial score (nSPS) is 10.9. The Labute approximate surface area is 139 Å². The van der Waals surface area contributed by atoms with E-state index in [-0.39, 0.29) is 12.0 Å². The molecule has 0 spiro atoms. The third-order valence-corrected chi connectivity index (χ3v) is 3.28. The lowest BCUT2D eigenvalue weighted by Gasteiger charge is -2.14. The van der Waals surface area contributed by atoms with Crippen LogP contribution < -0.4 is 14.8 Å². The first-order valence-electron chi connectivity index (χ1n) is 7.46. The predicted octanol–water partition coefficient (Wildman–Crippen LogP) is 3.61. The lowest BCUT2D eigenvalue weighted by molar-refractivity contribution is 0.102. The van der Waals surface area contributed by atoms with Crippen LogP contribution in [0.2, 0.25) is 0 Å². The summed E-state index contributed by atoms with van der Waals surface area (Å²) >= 11 is 1.26. The summed E-state index contributed by atoms with van der Waals surface area (Å²) in [6, 6.07) is 5.19. The van der Waals surface area contributed by atoms with E-state index in [0.717, 1.165) is 0 Å². The van der Waals surface area contributed by atoms with Crippen LogP contribution in [0, 0.1) is 5.92 Å². The van der Waals surface area contributed by atoms with E-state index in [4.69, 9.17) is 9.47 Å². The molecule has 0 atom stereocenters. The van der Waals surface area contributed by atoms with E-state index in [2.05, 4.69) is 29.4 Å². The van der Waals surface area contributed by atoms with Gasteiger partial charge in [-0.05, 0) is 31.9 Å². The summed E-state index contributed by atoms with van der Waals surface area (Å²) in [6.07, 6.45) is 0.00872. The summed E-state index contributed by atoms with van der Waals surface area (Å²) in [5.74, 6) is 1.33. The van der Waals surface area contributed by atoms with Gasteiger partial charge in [0.05, 0.1) is 12.7 Å². The van der Waals surface area contributed by atoms with Crippen molar-refractivity contribution in [1.29, 1.82) is 0 Å². The monoisotopic (exact) mass is 335 g/mol. The number of hydrogen-bond donors (Lipinski definition) is 1. The lowest BCUT2D eigenvalue weighted by atomic mass is 10.2. The second kappa shape index (κ2) is 7.92. The van der Waals surface area contributed by atoms with Gasteiger partial charge in [-0.2, -0.15) is 0 Å². The average Bonchev–Trinajstić information content (AvgIpc) is 2.97. The van der Waals surface area contributed by atoms with E-state index in [1.165, 1.54) is 11.3 Å². The van der Waals surface area contributed by atoms with E-state index in [1.807, 2.05) is 13.8 Å². The number of aromatic nitrogens is 2. The molecule has 0 saturated heterocycles. The maximum absolute atomic E-state index is 12.4. The first-order chi connectivity index (χ1) is 10.9. The van der Waals surface area contributed by atoms with Gasteiger partial charge in [-0.3, -0.25) is 10.1 Å². The third-order valence-electron chi connectivity index (χ3n) is 2.68. The van der Waals surface area contributed by atoms with Gasteiger partial charge >= 0.3 is 0 Å². The standard InChI is InChI=1S/C16H21N3O3S/c1-10(2)8-21-13-5-12(6-14(7-13)22-11(3)4)15(20)18-16-19-17-9-23-16/h5-7,9-11H,8H2,1-4H3,(H,18,19,20). The molecule has 0 fully saturated rings. The Morgan fingerprint density at radius 2 is 1.96 bits per heavy atom. The summed E-state index contributed by atoms with van der Waals surface area (Å²) in [4.78, 5) is 12.4. The number of rotatable bonds is 7. The van der Waals surface area contributed by atoms with Crippen molar-refractivity contribution in [2.75, 3.05) is 11.9 Å². The van der Waals surface area contributed by atoms with Crippen LogP contribution in [0.5, 0.6) is 11.5 Å². The Hall–Kier alpha value is -2.15. The van der Waals surface area contributed by atoms with E-state index < -0.39 is 0 Å². The molecule has 0 bridgehead atoms. The van der Waals surface area contributed by atoms with Crippen molar-refractivity contribution in [3.8, 4) is 11.5 Å². The quantitative estimate of drug-likeness (QED) is 0.836. The first-order valence-corrected chi connectivity index (χ1v) is 8.34. The predicted molar refractivity (Wildman–Crippen MR) is 90.4 cm³/mol. The minimum Gasteiger partial charge on any atom is -0.493 e. The van der Waals surface area contributed by atoms with E-state index in [0.29, 0.717) is 34.7 Å². The Bertz CT molecular complexity index is 642. The number of benzene rings is 1. The molecular weight excluding hydrogens is 314 g/mol.